The van der Waals surface area contributed by atoms with Crippen molar-refractivity contribution in [3.8, 4) is 5.75 Å². The van der Waals surface area contributed by atoms with Crippen molar-refractivity contribution < 1.29 is 4.74 Å². The van der Waals surface area contributed by atoms with Gasteiger partial charge in [0.1, 0.15) is 5.75 Å². The molecule has 0 unspecified atom stereocenters. The SMILES string of the molecule is C=Cc1cnc(N2CCC(CNCCc3cn(C)c4ccc(OC)cc34)CC2)nc1. The number of aromatic nitrogens is 3. The summed E-state index contributed by atoms with van der Waals surface area (Å²) in [5.41, 5.74) is 3.58. The fourth-order valence-electron chi connectivity index (χ4n) is 4.25. The molecule has 30 heavy (non-hydrogen) atoms. The number of rotatable bonds is 8. The van der Waals surface area contributed by atoms with Crippen LogP contribution in [-0.2, 0) is 13.5 Å². The molecule has 6 heteroatoms. The summed E-state index contributed by atoms with van der Waals surface area (Å²) in [5, 5.41) is 4.96. The molecular weight excluding hydrogens is 374 g/mol. The molecule has 0 atom stereocenters. The summed E-state index contributed by atoms with van der Waals surface area (Å²) in [6.45, 7) is 7.84. The first-order valence-corrected chi connectivity index (χ1v) is 10.7. The molecule has 2 aromatic heterocycles. The zero-order valence-corrected chi connectivity index (χ0v) is 18.0. The van der Waals surface area contributed by atoms with Gasteiger partial charge in [-0.2, -0.15) is 0 Å². The zero-order valence-electron chi connectivity index (χ0n) is 18.0. The molecule has 4 rings (SSSR count). The molecule has 6 nitrogen and oxygen atoms in total. The van der Waals surface area contributed by atoms with E-state index in [0.29, 0.717) is 5.92 Å². The van der Waals surface area contributed by atoms with Crippen molar-refractivity contribution in [1.82, 2.24) is 19.9 Å². The highest BCUT2D eigenvalue weighted by Crippen LogP contribution is 2.26. The van der Waals surface area contributed by atoms with Crippen LogP contribution < -0.4 is 15.0 Å². The summed E-state index contributed by atoms with van der Waals surface area (Å²) in [6.07, 6.45) is 11.1. The monoisotopic (exact) mass is 405 g/mol. The summed E-state index contributed by atoms with van der Waals surface area (Å²) in [6, 6.07) is 6.30. The maximum Gasteiger partial charge on any atom is 0.225 e. The van der Waals surface area contributed by atoms with Gasteiger partial charge in [0.15, 0.2) is 0 Å². The first-order valence-electron chi connectivity index (χ1n) is 10.7. The topological polar surface area (TPSA) is 55.2 Å². The van der Waals surface area contributed by atoms with E-state index in [4.69, 9.17) is 4.74 Å². The number of nitrogens with zero attached hydrogens (tertiary/aromatic N) is 4. The van der Waals surface area contributed by atoms with Crippen molar-refractivity contribution >= 4 is 22.9 Å². The second-order valence-electron chi connectivity index (χ2n) is 8.05. The fraction of sp³-hybridized carbons (Fsp3) is 0.417. The normalized spacial score (nSPS) is 14.9. The third kappa shape index (κ3) is 4.49. The predicted molar refractivity (Wildman–Crippen MR) is 123 cm³/mol. The van der Waals surface area contributed by atoms with Gasteiger partial charge in [0.25, 0.3) is 0 Å². The van der Waals surface area contributed by atoms with Crippen LogP contribution in [0.25, 0.3) is 17.0 Å². The highest BCUT2D eigenvalue weighted by atomic mass is 16.5. The standard InChI is InChI=1S/C24H31N5O/c1-4-18-15-26-24(27-16-18)29-11-8-19(9-12-29)14-25-10-7-20-17-28(2)23-6-5-21(30-3)13-22(20)23/h4-6,13,15-17,19,25H,1,7-12,14H2,2-3H3. The third-order valence-electron chi connectivity index (χ3n) is 6.07. The van der Waals surface area contributed by atoms with Gasteiger partial charge >= 0.3 is 0 Å². The Balaban J connectivity index is 1.24. The average Bonchev–Trinajstić information content (AvgIpc) is 3.12. The highest BCUT2D eigenvalue weighted by Gasteiger charge is 2.20. The minimum absolute atomic E-state index is 0.710. The number of methoxy groups -OCH3 is 1. The van der Waals surface area contributed by atoms with Crippen LogP contribution in [0.15, 0.2) is 43.4 Å². The lowest BCUT2D eigenvalue weighted by molar-refractivity contribution is 0.381. The smallest absolute Gasteiger partial charge is 0.225 e. The van der Waals surface area contributed by atoms with Crippen LogP contribution in [0.3, 0.4) is 0 Å². The first-order chi connectivity index (χ1) is 14.7. The largest absolute Gasteiger partial charge is 0.497 e. The van der Waals surface area contributed by atoms with Crippen molar-refractivity contribution in [3.05, 3.63) is 54.5 Å². The van der Waals surface area contributed by atoms with Crippen molar-refractivity contribution in [2.75, 3.05) is 38.2 Å². The summed E-state index contributed by atoms with van der Waals surface area (Å²) < 4.78 is 7.60. The van der Waals surface area contributed by atoms with Gasteiger partial charge in [0.2, 0.25) is 5.95 Å². The first kappa shape index (κ1) is 20.4. The Hall–Kier alpha value is -2.86. The van der Waals surface area contributed by atoms with Crippen molar-refractivity contribution in [2.45, 2.75) is 19.3 Å². The Morgan fingerprint density at radius 2 is 2.00 bits per heavy atom. The third-order valence-corrected chi connectivity index (χ3v) is 6.07. The van der Waals surface area contributed by atoms with Gasteiger partial charge in [-0.1, -0.05) is 12.7 Å². The lowest BCUT2D eigenvalue weighted by atomic mass is 9.97. The quantitative estimate of drug-likeness (QED) is 0.580. The van der Waals surface area contributed by atoms with Crippen LogP contribution in [0.2, 0.25) is 0 Å². The van der Waals surface area contributed by atoms with Gasteiger partial charge in [-0.3, -0.25) is 0 Å². The summed E-state index contributed by atoms with van der Waals surface area (Å²) in [5.74, 6) is 2.46. The molecule has 0 aliphatic carbocycles. The Bertz CT molecular complexity index is 987. The lowest BCUT2D eigenvalue weighted by Crippen LogP contribution is -2.38. The maximum atomic E-state index is 5.40. The zero-order chi connectivity index (χ0) is 20.9. The second kappa shape index (κ2) is 9.30. The Kier molecular flexibility index (Phi) is 6.33. The van der Waals surface area contributed by atoms with E-state index in [1.165, 1.54) is 29.3 Å². The summed E-state index contributed by atoms with van der Waals surface area (Å²) in [7, 11) is 3.83. The molecule has 0 spiro atoms. The van der Waals surface area contributed by atoms with E-state index in [-0.39, 0.29) is 0 Å². The van der Waals surface area contributed by atoms with E-state index in [9.17, 15) is 0 Å². The van der Waals surface area contributed by atoms with Crippen LogP contribution in [0.5, 0.6) is 5.75 Å². The number of ether oxygens (including phenoxy) is 1. The van der Waals surface area contributed by atoms with E-state index in [1.807, 2.05) is 18.5 Å². The molecule has 1 saturated heterocycles. The number of benzene rings is 1. The number of piperidine rings is 1. The van der Waals surface area contributed by atoms with Gasteiger partial charge in [-0.05, 0) is 62.0 Å². The molecule has 0 bridgehead atoms. The average molecular weight is 406 g/mol. The molecule has 3 heterocycles. The van der Waals surface area contributed by atoms with Crippen LogP contribution in [0.4, 0.5) is 5.95 Å². The van der Waals surface area contributed by atoms with Crippen LogP contribution >= 0.6 is 0 Å². The predicted octanol–water partition coefficient (Wildman–Crippen LogP) is 3.67. The summed E-state index contributed by atoms with van der Waals surface area (Å²) in [4.78, 5) is 11.2. The number of hydrogen-bond donors (Lipinski definition) is 1. The highest BCUT2D eigenvalue weighted by molar-refractivity contribution is 5.85. The van der Waals surface area contributed by atoms with Gasteiger partial charge < -0.3 is 19.5 Å². The Morgan fingerprint density at radius 1 is 1.23 bits per heavy atom. The molecule has 1 aromatic carbocycles. The van der Waals surface area contributed by atoms with Gasteiger partial charge in [-0.15, -0.1) is 0 Å². The van der Waals surface area contributed by atoms with E-state index in [1.54, 1.807) is 13.2 Å². The van der Waals surface area contributed by atoms with Gasteiger partial charge in [0, 0.05) is 55.2 Å². The van der Waals surface area contributed by atoms with E-state index >= 15 is 0 Å². The number of hydrogen-bond acceptors (Lipinski definition) is 5. The van der Waals surface area contributed by atoms with Gasteiger partial charge in [-0.25, -0.2) is 9.97 Å². The molecular formula is C24H31N5O. The lowest BCUT2D eigenvalue weighted by Gasteiger charge is -2.32. The molecule has 1 N–H and O–H groups in total. The minimum Gasteiger partial charge on any atom is -0.497 e. The van der Waals surface area contributed by atoms with Crippen molar-refractivity contribution in [2.24, 2.45) is 13.0 Å². The number of nitrogens with one attached hydrogen (secondary N) is 1. The van der Waals surface area contributed by atoms with E-state index in [2.05, 4.69) is 56.7 Å². The van der Waals surface area contributed by atoms with Gasteiger partial charge in [0.05, 0.1) is 7.11 Å². The molecule has 1 aliphatic rings. The maximum absolute atomic E-state index is 5.40. The van der Waals surface area contributed by atoms with E-state index in [0.717, 1.165) is 49.9 Å². The Morgan fingerprint density at radius 3 is 2.70 bits per heavy atom. The van der Waals surface area contributed by atoms with Crippen LogP contribution in [0.1, 0.15) is 24.0 Å². The Labute approximate surface area is 178 Å². The number of fused-ring (bicyclic) bond motifs is 1. The van der Waals surface area contributed by atoms with Crippen molar-refractivity contribution in [3.63, 3.8) is 0 Å². The van der Waals surface area contributed by atoms with Crippen LogP contribution in [-0.4, -0.2) is 47.8 Å². The van der Waals surface area contributed by atoms with Crippen molar-refractivity contribution in [1.29, 1.82) is 0 Å². The summed E-state index contributed by atoms with van der Waals surface area (Å²) >= 11 is 0. The molecule has 0 radical (unpaired) electrons. The van der Waals surface area contributed by atoms with Crippen LogP contribution in [0, 0.1) is 5.92 Å². The molecule has 158 valence electrons. The minimum atomic E-state index is 0.710. The molecule has 1 aliphatic heterocycles. The number of aryl methyl sites for hydroxylation is 1. The fourth-order valence-corrected chi connectivity index (χ4v) is 4.25. The van der Waals surface area contributed by atoms with E-state index < -0.39 is 0 Å². The molecule has 0 saturated carbocycles. The second-order valence-corrected chi connectivity index (χ2v) is 8.05. The molecule has 3 aromatic rings. The molecule has 0 amide bonds. The number of anilines is 1. The molecule has 1 fully saturated rings.